The molecule has 2 amide bonds. The minimum atomic E-state index is -0.874. The highest BCUT2D eigenvalue weighted by Crippen LogP contribution is 2.44. The van der Waals surface area contributed by atoms with Gasteiger partial charge in [-0.05, 0) is 62.8 Å². The zero-order valence-electron chi connectivity index (χ0n) is 23.4. The molecule has 1 heterocycles. The van der Waals surface area contributed by atoms with Crippen LogP contribution in [0.5, 0.6) is 5.75 Å². The van der Waals surface area contributed by atoms with Gasteiger partial charge in [0.2, 0.25) is 5.91 Å². The summed E-state index contributed by atoms with van der Waals surface area (Å²) < 4.78 is 21.7. The Bertz CT molecular complexity index is 1310. The first-order valence-electron chi connectivity index (χ1n) is 14.6. The fraction of sp³-hybridized carbons (Fsp3) is 0.412. The van der Waals surface area contributed by atoms with Crippen LogP contribution in [0, 0.1) is 5.82 Å². The monoisotopic (exact) mass is 542 g/mol. The molecule has 1 atom stereocenters. The molecule has 2 aliphatic rings. The molecular formula is C34H39FN2O3. The van der Waals surface area contributed by atoms with E-state index in [-0.39, 0.29) is 30.3 Å². The van der Waals surface area contributed by atoms with Gasteiger partial charge in [-0.15, -0.1) is 0 Å². The average molecular weight is 543 g/mol. The molecular weight excluding hydrogens is 503 g/mol. The van der Waals surface area contributed by atoms with Gasteiger partial charge in [-0.2, -0.15) is 0 Å². The fourth-order valence-electron chi connectivity index (χ4n) is 6.41. The smallest absolute Gasteiger partial charge is 0.257 e. The summed E-state index contributed by atoms with van der Waals surface area (Å²) in [5.74, 6) is 0.180. The van der Waals surface area contributed by atoms with Gasteiger partial charge in [0, 0.05) is 25.2 Å². The molecule has 0 saturated heterocycles. The Morgan fingerprint density at radius 1 is 0.900 bits per heavy atom. The van der Waals surface area contributed by atoms with Crippen LogP contribution in [0.1, 0.15) is 66.9 Å². The molecule has 0 unspecified atom stereocenters. The Morgan fingerprint density at radius 2 is 1.57 bits per heavy atom. The van der Waals surface area contributed by atoms with Crippen LogP contribution in [0.3, 0.4) is 0 Å². The maximum absolute atomic E-state index is 15.3. The first-order chi connectivity index (χ1) is 19.5. The van der Waals surface area contributed by atoms with Crippen LogP contribution >= 0.6 is 0 Å². The van der Waals surface area contributed by atoms with E-state index in [1.807, 2.05) is 65.3 Å². The Hall–Kier alpha value is -3.67. The molecule has 6 heteroatoms. The highest BCUT2D eigenvalue weighted by atomic mass is 19.1. The average Bonchev–Trinajstić information content (AvgIpc) is 3.48. The summed E-state index contributed by atoms with van der Waals surface area (Å²) in [4.78, 5) is 32.0. The molecule has 1 aliphatic carbocycles. The maximum Gasteiger partial charge on any atom is 0.257 e. The van der Waals surface area contributed by atoms with Crippen LogP contribution in [-0.2, 0) is 16.6 Å². The molecule has 210 valence electrons. The van der Waals surface area contributed by atoms with Crippen molar-refractivity contribution in [3.8, 4) is 5.75 Å². The molecule has 40 heavy (non-hydrogen) atoms. The number of amides is 2. The standard InChI is InChI=1S/C34H39FN2O3/c1-2-36-22-12-13-23-37(33(39)34(20-10-11-21-34)29-17-7-8-18-30(29)35)27(24-26-14-4-3-5-15-26)25-40-31-19-9-6-16-28(31)32(36)38/h3-9,14-19,27H,2,10-13,20-25H2,1H3/t27-/m0/s1. The number of hydrogen-bond acceptors (Lipinski definition) is 3. The van der Waals surface area contributed by atoms with Gasteiger partial charge < -0.3 is 14.5 Å². The van der Waals surface area contributed by atoms with Crippen molar-refractivity contribution >= 4 is 11.8 Å². The maximum atomic E-state index is 15.3. The lowest BCUT2D eigenvalue weighted by atomic mass is 9.76. The minimum Gasteiger partial charge on any atom is -0.491 e. The van der Waals surface area contributed by atoms with Crippen LogP contribution in [0.2, 0.25) is 0 Å². The summed E-state index contributed by atoms with van der Waals surface area (Å²) in [6.07, 6.45) is 5.21. The Labute approximate surface area is 236 Å². The predicted molar refractivity (Wildman–Crippen MR) is 155 cm³/mol. The number of halogens is 1. The quantitative estimate of drug-likeness (QED) is 0.374. The van der Waals surface area contributed by atoms with Crippen molar-refractivity contribution in [3.63, 3.8) is 0 Å². The number of carbonyl (C=O) groups excluding carboxylic acids is 2. The van der Waals surface area contributed by atoms with E-state index in [1.165, 1.54) is 6.07 Å². The van der Waals surface area contributed by atoms with Gasteiger partial charge >= 0.3 is 0 Å². The van der Waals surface area contributed by atoms with Crippen molar-refractivity contribution in [1.82, 2.24) is 9.80 Å². The van der Waals surface area contributed by atoms with E-state index >= 15 is 4.39 Å². The molecule has 3 aromatic rings. The molecule has 0 bridgehead atoms. The van der Waals surface area contributed by atoms with Gasteiger partial charge in [0.05, 0.1) is 17.0 Å². The first kappa shape index (κ1) is 27.9. The number of carbonyl (C=O) groups is 2. The second-order valence-corrected chi connectivity index (χ2v) is 11.0. The van der Waals surface area contributed by atoms with E-state index in [0.29, 0.717) is 55.8 Å². The first-order valence-corrected chi connectivity index (χ1v) is 14.6. The Balaban J connectivity index is 1.55. The van der Waals surface area contributed by atoms with Crippen molar-refractivity contribution < 1.29 is 18.7 Å². The van der Waals surface area contributed by atoms with Crippen LogP contribution < -0.4 is 4.74 Å². The lowest BCUT2D eigenvalue weighted by Gasteiger charge is -2.40. The fourth-order valence-corrected chi connectivity index (χ4v) is 6.41. The molecule has 5 nitrogen and oxygen atoms in total. The summed E-state index contributed by atoms with van der Waals surface area (Å²) >= 11 is 0. The Morgan fingerprint density at radius 3 is 2.33 bits per heavy atom. The topological polar surface area (TPSA) is 49.9 Å². The summed E-state index contributed by atoms with van der Waals surface area (Å²) in [6, 6.07) is 24.0. The van der Waals surface area contributed by atoms with Crippen molar-refractivity contribution in [2.24, 2.45) is 0 Å². The summed E-state index contributed by atoms with van der Waals surface area (Å²) in [5, 5.41) is 0. The number of hydrogen-bond donors (Lipinski definition) is 0. The van der Waals surface area contributed by atoms with E-state index in [2.05, 4.69) is 12.1 Å². The lowest BCUT2D eigenvalue weighted by Crippen LogP contribution is -2.53. The predicted octanol–water partition coefficient (Wildman–Crippen LogP) is 6.41. The van der Waals surface area contributed by atoms with Gasteiger partial charge in [-0.3, -0.25) is 9.59 Å². The van der Waals surface area contributed by atoms with Crippen molar-refractivity contribution in [3.05, 3.63) is 101 Å². The largest absolute Gasteiger partial charge is 0.491 e. The summed E-state index contributed by atoms with van der Waals surface area (Å²) in [7, 11) is 0. The molecule has 0 spiro atoms. The molecule has 0 aromatic heterocycles. The van der Waals surface area contributed by atoms with Crippen LogP contribution in [0.25, 0.3) is 0 Å². The molecule has 1 aliphatic heterocycles. The summed E-state index contributed by atoms with van der Waals surface area (Å²) in [5.41, 5.74) is 1.28. The number of rotatable bonds is 5. The van der Waals surface area contributed by atoms with E-state index < -0.39 is 5.41 Å². The number of nitrogens with zero attached hydrogens (tertiary/aromatic N) is 2. The van der Waals surface area contributed by atoms with Gasteiger partial charge in [0.1, 0.15) is 18.2 Å². The number of benzene rings is 3. The second-order valence-electron chi connectivity index (χ2n) is 11.0. The van der Waals surface area contributed by atoms with Crippen LogP contribution in [0.15, 0.2) is 78.9 Å². The molecule has 1 saturated carbocycles. The van der Waals surface area contributed by atoms with Gasteiger partial charge in [-0.25, -0.2) is 4.39 Å². The molecule has 1 fully saturated rings. The minimum absolute atomic E-state index is 0.00611. The van der Waals surface area contributed by atoms with Gasteiger partial charge in [-0.1, -0.05) is 73.5 Å². The lowest BCUT2D eigenvalue weighted by molar-refractivity contribution is -0.140. The summed E-state index contributed by atoms with van der Waals surface area (Å²) in [6.45, 7) is 3.96. The van der Waals surface area contributed by atoms with Gasteiger partial charge in [0.25, 0.3) is 5.91 Å². The number of ether oxygens (including phenoxy) is 1. The highest BCUT2D eigenvalue weighted by molar-refractivity contribution is 5.97. The zero-order valence-corrected chi connectivity index (χ0v) is 23.4. The third-order valence-corrected chi connectivity index (χ3v) is 8.57. The third-order valence-electron chi connectivity index (χ3n) is 8.57. The van der Waals surface area contributed by atoms with Crippen LogP contribution in [0.4, 0.5) is 4.39 Å². The van der Waals surface area contributed by atoms with Crippen molar-refractivity contribution in [1.29, 1.82) is 0 Å². The number of fused-ring (bicyclic) bond motifs is 1. The SMILES string of the molecule is CCN1CCCCN(C(=O)C2(c3ccccc3F)CCCC2)[C@@H](Cc2ccccc2)COc2ccccc2C1=O. The Kier molecular flexibility index (Phi) is 8.83. The van der Waals surface area contributed by atoms with Crippen LogP contribution in [-0.4, -0.2) is 53.9 Å². The molecule has 3 aromatic carbocycles. The van der Waals surface area contributed by atoms with E-state index in [9.17, 15) is 9.59 Å². The second kappa shape index (κ2) is 12.7. The van der Waals surface area contributed by atoms with Crippen molar-refractivity contribution in [2.45, 2.75) is 63.3 Å². The van der Waals surface area contributed by atoms with E-state index in [4.69, 9.17) is 4.74 Å². The zero-order chi connectivity index (χ0) is 28.0. The third kappa shape index (κ3) is 5.77. The molecule has 0 N–H and O–H groups in total. The molecule has 0 radical (unpaired) electrons. The van der Waals surface area contributed by atoms with Gasteiger partial charge in [0.15, 0.2) is 0 Å². The molecule has 5 rings (SSSR count). The number of para-hydroxylation sites is 1. The normalized spacial score (nSPS) is 19.8. The highest BCUT2D eigenvalue weighted by Gasteiger charge is 2.47. The van der Waals surface area contributed by atoms with Crippen molar-refractivity contribution in [2.75, 3.05) is 26.2 Å². The van der Waals surface area contributed by atoms with E-state index in [0.717, 1.165) is 31.2 Å². The van der Waals surface area contributed by atoms with E-state index in [1.54, 1.807) is 12.1 Å².